The molecule has 0 N–H and O–H groups in total. The maximum atomic E-state index is 4.95. The fraction of sp³-hybridized carbons (Fsp3) is 0.611. The predicted octanol–water partition coefficient (Wildman–Crippen LogP) is 4.36. The van der Waals surface area contributed by atoms with Crippen LogP contribution in [0.2, 0.25) is 0 Å². The van der Waals surface area contributed by atoms with Crippen LogP contribution in [-0.4, -0.2) is 19.7 Å². The van der Waals surface area contributed by atoms with Crippen LogP contribution in [0.4, 0.5) is 0 Å². The Kier molecular flexibility index (Phi) is 3.68. The van der Waals surface area contributed by atoms with Gasteiger partial charge >= 0.3 is 0 Å². The molecule has 1 atom stereocenters. The minimum Gasteiger partial charge on any atom is -0.265 e. The highest BCUT2D eigenvalue weighted by Crippen LogP contribution is 2.40. The van der Waals surface area contributed by atoms with Gasteiger partial charge in [0.15, 0.2) is 5.82 Å². The molecule has 0 radical (unpaired) electrons. The molecule has 0 aromatic carbocycles. The Balaban J connectivity index is 1.70. The standard InChI is InChI=1S/C18H24N4/c1-13(14-5-2-3-6-14)18-20-17(15-9-11-19-12-10-15)21-22(18)16-7-4-8-16/h9-14,16H,2-8H2,1H3. The molecule has 0 saturated heterocycles. The molecule has 2 saturated carbocycles. The van der Waals surface area contributed by atoms with E-state index < -0.39 is 0 Å². The molecule has 4 heteroatoms. The van der Waals surface area contributed by atoms with Crippen LogP contribution in [0.3, 0.4) is 0 Å². The van der Waals surface area contributed by atoms with E-state index in [1.54, 1.807) is 0 Å². The minimum atomic E-state index is 0.520. The molecule has 2 heterocycles. The number of rotatable bonds is 4. The largest absolute Gasteiger partial charge is 0.265 e. The van der Waals surface area contributed by atoms with Crippen molar-refractivity contribution in [1.82, 2.24) is 19.7 Å². The third-order valence-corrected chi connectivity index (χ3v) is 5.53. The molecule has 0 spiro atoms. The van der Waals surface area contributed by atoms with Gasteiger partial charge in [0, 0.05) is 23.9 Å². The molecule has 116 valence electrons. The fourth-order valence-electron chi connectivity index (χ4n) is 3.84. The van der Waals surface area contributed by atoms with Gasteiger partial charge in [0.2, 0.25) is 0 Å². The SMILES string of the molecule is CC(c1nc(-c2ccncc2)nn1C1CCC1)C1CCCC1. The molecule has 0 aliphatic heterocycles. The first-order valence-electron chi connectivity index (χ1n) is 8.70. The highest BCUT2D eigenvalue weighted by atomic mass is 15.4. The van der Waals surface area contributed by atoms with Gasteiger partial charge in [-0.1, -0.05) is 19.8 Å². The Morgan fingerprint density at radius 2 is 1.77 bits per heavy atom. The zero-order valence-corrected chi connectivity index (χ0v) is 13.3. The molecule has 2 aliphatic rings. The molecular formula is C18H24N4. The van der Waals surface area contributed by atoms with Gasteiger partial charge in [0.1, 0.15) is 5.82 Å². The van der Waals surface area contributed by atoms with E-state index in [1.807, 2.05) is 24.5 Å². The van der Waals surface area contributed by atoms with Crippen molar-refractivity contribution < 1.29 is 0 Å². The van der Waals surface area contributed by atoms with Crippen molar-refractivity contribution in [3.8, 4) is 11.4 Å². The van der Waals surface area contributed by atoms with E-state index >= 15 is 0 Å². The van der Waals surface area contributed by atoms with Crippen LogP contribution in [-0.2, 0) is 0 Å². The summed E-state index contributed by atoms with van der Waals surface area (Å²) in [6, 6.07) is 4.58. The van der Waals surface area contributed by atoms with Crippen LogP contribution in [0.5, 0.6) is 0 Å². The summed E-state index contributed by atoms with van der Waals surface area (Å²) in [5, 5.41) is 4.87. The number of nitrogens with zero attached hydrogens (tertiary/aromatic N) is 4. The summed E-state index contributed by atoms with van der Waals surface area (Å²) >= 11 is 0. The second kappa shape index (κ2) is 5.82. The van der Waals surface area contributed by atoms with Crippen LogP contribution >= 0.6 is 0 Å². The molecule has 1 unspecified atom stereocenters. The third-order valence-electron chi connectivity index (χ3n) is 5.53. The number of hydrogen-bond donors (Lipinski definition) is 0. The number of hydrogen-bond acceptors (Lipinski definition) is 3. The molecule has 2 fully saturated rings. The second-order valence-electron chi connectivity index (χ2n) is 6.89. The summed E-state index contributed by atoms with van der Waals surface area (Å²) in [6.07, 6.45) is 12.9. The summed E-state index contributed by atoms with van der Waals surface area (Å²) < 4.78 is 2.25. The lowest BCUT2D eigenvalue weighted by atomic mass is 9.89. The van der Waals surface area contributed by atoms with Crippen LogP contribution in [0.15, 0.2) is 24.5 Å². The van der Waals surface area contributed by atoms with Crippen molar-refractivity contribution >= 4 is 0 Å². The van der Waals surface area contributed by atoms with Gasteiger partial charge in [-0.2, -0.15) is 5.10 Å². The summed E-state index contributed by atoms with van der Waals surface area (Å²) in [5.74, 6) is 3.39. The maximum Gasteiger partial charge on any atom is 0.181 e. The maximum absolute atomic E-state index is 4.95. The Morgan fingerprint density at radius 1 is 1.05 bits per heavy atom. The Labute approximate surface area is 132 Å². The minimum absolute atomic E-state index is 0.520. The zero-order valence-electron chi connectivity index (χ0n) is 13.3. The molecule has 2 aliphatic carbocycles. The topological polar surface area (TPSA) is 43.6 Å². The van der Waals surface area contributed by atoms with Crippen LogP contribution in [0.25, 0.3) is 11.4 Å². The lowest BCUT2D eigenvalue weighted by molar-refractivity contribution is 0.270. The molecule has 4 nitrogen and oxygen atoms in total. The fourth-order valence-corrected chi connectivity index (χ4v) is 3.84. The van der Waals surface area contributed by atoms with Gasteiger partial charge in [-0.3, -0.25) is 4.98 Å². The van der Waals surface area contributed by atoms with Crippen LogP contribution in [0.1, 0.15) is 69.7 Å². The number of aromatic nitrogens is 4. The monoisotopic (exact) mass is 296 g/mol. The van der Waals surface area contributed by atoms with E-state index in [9.17, 15) is 0 Å². The Bertz CT molecular complexity index is 624. The summed E-state index contributed by atoms with van der Waals surface area (Å²) in [5.41, 5.74) is 1.08. The number of pyridine rings is 1. The van der Waals surface area contributed by atoms with Crippen molar-refractivity contribution in [1.29, 1.82) is 0 Å². The van der Waals surface area contributed by atoms with E-state index in [0.29, 0.717) is 12.0 Å². The molecular weight excluding hydrogens is 272 g/mol. The van der Waals surface area contributed by atoms with E-state index in [4.69, 9.17) is 10.1 Å². The van der Waals surface area contributed by atoms with Crippen molar-refractivity contribution in [3.05, 3.63) is 30.4 Å². The zero-order chi connectivity index (χ0) is 14.9. The van der Waals surface area contributed by atoms with Crippen molar-refractivity contribution in [2.45, 2.75) is 63.8 Å². The average molecular weight is 296 g/mol. The highest BCUT2D eigenvalue weighted by Gasteiger charge is 2.31. The smallest absolute Gasteiger partial charge is 0.181 e. The van der Waals surface area contributed by atoms with Crippen molar-refractivity contribution in [2.75, 3.05) is 0 Å². The lowest BCUT2D eigenvalue weighted by Crippen LogP contribution is -2.23. The Hall–Kier alpha value is -1.71. The summed E-state index contributed by atoms with van der Waals surface area (Å²) in [7, 11) is 0. The molecule has 2 aromatic rings. The van der Waals surface area contributed by atoms with Gasteiger partial charge in [0.25, 0.3) is 0 Å². The first-order chi connectivity index (χ1) is 10.8. The lowest BCUT2D eigenvalue weighted by Gasteiger charge is -2.29. The van der Waals surface area contributed by atoms with Crippen molar-refractivity contribution in [2.24, 2.45) is 5.92 Å². The van der Waals surface area contributed by atoms with Crippen molar-refractivity contribution in [3.63, 3.8) is 0 Å². The van der Waals surface area contributed by atoms with E-state index in [0.717, 1.165) is 17.3 Å². The summed E-state index contributed by atoms with van der Waals surface area (Å²) in [6.45, 7) is 2.35. The molecule has 2 aromatic heterocycles. The molecule has 0 amide bonds. The quantitative estimate of drug-likeness (QED) is 0.842. The predicted molar refractivity (Wildman–Crippen MR) is 86.5 cm³/mol. The van der Waals surface area contributed by atoms with Crippen LogP contribution in [0, 0.1) is 5.92 Å². The van der Waals surface area contributed by atoms with Crippen LogP contribution < -0.4 is 0 Å². The highest BCUT2D eigenvalue weighted by molar-refractivity contribution is 5.53. The van der Waals surface area contributed by atoms with Gasteiger partial charge in [-0.15, -0.1) is 0 Å². The van der Waals surface area contributed by atoms with E-state index in [1.165, 1.54) is 50.8 Å². The van der Waals surface area contributed by atoms with Gasteiger partial charge < -0.3 is 0 Å². The van der Waals surface area contributed by atoms with Gasteiger partial charge in [-0.05, 0) is 50.2 Å². The first kappa shape index (κ1) is 13.9. The van der Waals surface area contributed by atoms with Gasteiger partial charge in [0.05, 0.1) is 6.04 Å². The summed E-state index contributed by atoms with van der Waals surface area (Å²) in [4.78, 5) is 9.05. The van der Waals surface area contributed by atoms with Gasteiger partial charge in [-0.25, -0.2) is 9.67 Å². The third kappa shape index (κ3) is 2.44. The Morgan fingerprint density at radius 3 is 2.41 bits per heavy atom. The molecule has 4 rings (SSSR count). The molecule has 0 bridgehead atoms. The first-order valence-corrected chi connectivity index (χ1v) is 8.70. The normalized spacial score (nSPS) is 21.0. The second-order valence-corrected chi connectivity index (χ2v) is 6.89. The van der Waals surface area contributed by atoms with E-state index in [2.05, 4.69) is 16.6 Å². The molecule has 22 heavy (non-hydrogen) atoms. The van der Waals surface area contributed by atoms with E-state index in [-0.39, 0.29) is 0 Å². The average Bonchev–Trinajstić information content (AvgIpc) is 3.16.